The van der Waals surface area contributed by atoms with Gasteiger partial charge in [-0.25, -0.2) is 4.79 Å². The summed E-state index contributed by atoms with van der Waals surface area (Å²) >= 11 is 0. The first-order chi connectivity index (χ1) is 15.2. The number of para-hydroxylation sites is 1. The summed E-state index contributed by atoms with van der Waals surface area (Å²) in [6.45, 7) is 4.88. The van der Waals surface area contributed by atoms with Gasteiger partial charge in [-0.1, -0.05) is 30.3 Å². The number of carboxylic acid groups (broad SMARTS) is 1. The van der Waals surface area contributed by atoms with Gasteiger partial charge in [0.25, 0.3) is 0 Å². The van der Waals surface area contributed by atoms with E-state index in [1.807, 2.05) is 12.1 Å². The molecule has 0 unspecified atom stereocenters. The first-order valence-corrected chi connectivity index (χ1v) is 11.0. The van der Waals surface area contributed by atoms with Crippen LogP contribution in [0.4, 0.5) is 0 Å². The van der Waals surface area contributed by atoms with Gasteiger partial charge in [-0.2, -0.15) is 0 Å². The number of carbonyl (C=O) groups is 1. The quantitative estimate of drug-likeness (QED) is 0.651. The third kappa shape index (κ3) is 4.37. The first kappa shape index (κ1) is 20.2. The molecule has 162 valence electrons. The second-order valence-corrected chi connectivity index (χ2v) is 8.48. The van der Waals surface area contributed by atoms with Crippen LogP contribution in [0.15, 0.2) is 54.7 Å². The Labute approximate surface area is 182 Å². The van der Waals surface area contributed by atoms with Gasteiger partial charge in [0.2, 0.25) is 0 Å². The summed E-state index contributed by atoms with van der Waals surface area (Å²) in [5.74, 6) is -0.344. The Morgan fingerprint density at radius 3 is 2.58 bits per heavy atom. The Kier molecular flexibility index (Phi) is 5.76. The largest absolute Gasteiger partial charge is 0.478 e. The molecular weight excluding hydrogens is 392 g/mol. The number of ether oxygens (including phenoxy) is 2. The van der Waals surface area contributed by atoms with Crippen molar-refractivity contribution in [2.24, 2.45) is 0 Å². The molecule has 6 heteroatoms. The highest BCUT2D eigenvalue weighted by Crippen LogP contribution is 2.35. The first-order valence-electron chi connectivity index (χ1n) is 11.0. The number of benzene rings is 2. The van der Waals surface area contributed by atoms with E-state index in [0.717, 1.165) is 44.6 Å². The Morgan fingerprint density at radius 1 is 1.03 bits per heavy atom. The minimum absolute atomic E-state index is 0.160. The van der Waals surface area contributed by atoms with Crippen molar-refractivity contribution in [3.05, 3.63) is 71.4 Å². The molecule has 2 saturated heterocycles. The molecule has 3 heterocycles. The maximum Gasteiger partial charge on any atom is 0.335 e. The summed E-state index contributed by atoms with van der Waals surface area (Å²) in [6, 6.07) is 15.9. The number of piperidine rings is 1. The third-order valence-electron chi connectivity index (χ3n) is 6.46. The Balaban J connectivity index is 1.28. The lowest BCUT2D eigenvalue weighted by Gasteiger charge is -2.32. The number of aromatic carboxylic acids is 1. The zero-order valence-corrected chi connectivity index (χ0v) is 17.6. The van der Waals surface area contributed by atoms with Crippen molar-refractivity contribution in [3.8, 4) is 0 Å². The van der Waals surface area contributed by atoms with Gasteiger partial charge in [-0.05, 0) is 61.2 Å². The van der Waals surface area contributed by atoms with Crippen LogP contribution in [0.25, 0.3) is 10.9 Å². The highest BCUT2D eigenvalue weighted by atomic mass is 16.7. The molecular formula is C25H28N2O4. The lowest BCUT2D eigenvalue weighted by atomic mass is 9.89. The van der Waals surface area contributed by atoms with Gasteiger partial charge in [-0.15, -0.1) is 0 Å². The van der Waals surface area contributed by atoms with Gasteiger partial charge in [0.05, 0.1) is 25.3 Å². The van der Waals surface area contributed by atoms with E-state index in [2.05, 4.69) is 39.9 Å². The van der Waals surface area contributed by atoms with Crippen molar-refractivity contribution in [1.29, 1.82) is 0 Å². The average molecular weight is 421 g/mol. The van der Waals surface area contributed by atoms with Gasteiger partial charge in [0.15, 0.2) is 6.29 Å². The van der Waals surface area contributed by atoms with E-state index in [9.17, 15) is 9.90 Å². The van der Waals surface area contributed by atoms with Crippen molar-refractivity contribution < 1.29 is 19.4 Å². The SMILES string of the molecule is O=C(O)c1cccc(CN2CCC(c3cn(CC4OCCO4)c4ccccc34)CC2)c1. The van der Waals surface area contributed by atoms with Crippen LogP contribution in [0.5, 0.6) is 0 Å². The van der Waals surface area contributed by atoms with E-state index in [-0.39, 0.29) is 6.29 Å². The highest BCUT2D eigenvalue weighted by molar-refractivity contribution is 5.87. The van der Waals surface area contributed by atoms with Crippen LogP contribution in [-0.2, 0) is 22.6 Å². The molecule has 0 spiro atoms. The third-order valence-corrected chi connectivity index (χ3v) is 6.46. The van der Waals surface area contributed by atoms with Gasteiger partial charge in [0.1, 0.15) is 0 Å². The summed E-state index contributed by atoms with van der Waals surface area (Å²) in [5.41, 5.74) is 4.08. The molecule has 2 fully saturated rings. The molecule has 5 rings (SSSR count). The van der Waals surface area contributed by atoms with E-state index >= 15 is 0 Å². The molecule has 3 aromatic rings. The second-order valence-electron chi connectivity index (χ2n) is 8.48. The van der Waals surface area contributed by atoms with Crippen LogP contribution < -0.4 is 0 Å². The summed E-state index contributed by atoms with van der Waals surface area (Å²) in [4.78, 5) is 13.7. The zero-order valence-electron chi connectivity index (χ0n) is 17.6. The lowest BCUT2D eigenvalue weighted by Crippen LogP contribution is -2.32. The average Bonchev–Trinajstić information content (AvgIpc) is 3.43. The number of nitrogens with zero attached hydrogens (tertiary/aromatic N) is 2. The van der Waals surface area contributed by atoms with Crippen molar-refractivity contribution >= 4 is 16.9 Å². The van der Waals surface area contributed by atoms with Crippen LogP contribution in [-0.4, -0.2) is 53.1 Å². The summed E-state index contributed by atoms with van der Waals surface area (Å²) in [7, 11) is 0. The fraction of sp³-hybridized carbons (Fsp3) is 0.400. The fourth-order valence-corrected chi connectivity index (χ4v) is 4.89. The van der Waals surface area contributed by atoms with Crippen LogP contribution >= 0.6 is 0 Å². The minimum Gasteiger partial charge on any atom is -0.478 e. The molecule has 0 bridgehead atoms. The van der Waals surface area contributed by atoms with Gasteiger partial charge < -0.3 is 19.1 Å². The van der Waals surface area contributed by atoms with E-state index in [1.54, 1.807) is 12.1 Å². The van der Waals surface area contributed by atoms with Crippen LogP contribution in [0.2, 0.25) is 0 Å². The molecule has 1 aromatic heterocycles. The fourth-order valence-electron chi connectivity index (χ4n) is 4.89. The lowest BCUT2D eigenvalue weighted by molar-refractivity contribution is -0.0517. The highest BCUT2D eigenvalue weighted by Gasteiger charge is 2.25. The molecule has 2 aliphatic heterocycles. The number of hydrogen-bond donors (Lipinski definition) is 1. The smallest absolute Gasteiger partial charge is 0.335 e. The number of aromatic nitrogens is 1. The van der Waals surface area contributed by atoms with E-state index in [4.69, 9.17) is 9.47 Å². The minimum atomic E-state index is -0.870. The normalized spacial score (nSPS) is 18.7. The van der Waals surface area contributed by atoms with E-state index < -0.39 is 5.97 Å². The molecule has 6 nitrogen and oxygen atoms in total. The zero-order chi connectivity index (χ0) is 21.2. The van der Waals surface area contributed by atoms with Gasteiger partial charge >= 0.3 is 5.97 Å². The molecule has 31 heavy (non-hydrogen) atoms. The van der Waals surface area contributed by atoms with Crippen molar-refractivity contribution in [2.45, 2.75) is 38.1 Å². The maximum absolute atomic E-state index is 11.2. The molecule has 0 radical (unpaired) electrons. The summed E-state index contributed by atoms with van der Waals surface area (Å²) in [6.07, 6.45) is 4.34. The molecule has 0 saturated carbocycles. The van der Waals surface area contributed by atoms with Crippen LogP contribution in [0.1, 0.15) is 40.2 Å². The predicted molar refractivity (Wildman–Crippen MR) is 118 cm³/mol. The Hall–Kier alpha value is -2.67. The number of hydrogen-bond acceptors (Lipinski definition) is 4. The monoisotopic (exact) mass is 420 g/mol. The summed E-state index contributed by atoms with van der Waals surface area (Å²) < 4.78 is 13.6. The molecule has 2 aromatic carbocycles. The van der Waals surface area contributed by atoms with Gasteiger partial charge in [0, 0.05) is 23.6 Å². The number of likely N-dealkylation sites (tertiary alicyclic amines) is 1. The predicted octanol–water partition coefficient (Wildman–Crippen LogP) is 4.09. The van der Waals surface area contributed by atoms with Crippen LogP contribution in [0.3, 0.4) is 0 Å². The van der Waals surface area contributed by atoms with Crippen molar-refractivity contribution in [1.82, 2.24) is 9.47 Å². The van der Waals surface area contributed by atoms with E-state index in [0.29, 0.717) is 24.7 Å². The van der Waals surface area contributed by atoms with Crippen LogP contribution in [0, 0.1) is 0 Å². The molecule has 2 aliphatic rings. The molecule has 0 atom stereocenters. The van der Waals surface area contributed by atoms with E-state index in [1.165, 1.54) is 16.5 Å². The Bertz CT molecular complexity index is 1060. The van der Waals surface area contributed by atoms with Gasteiger partial charge in [-0.3, -0.25) is 4.90 Å². The van der Waals surface area contributed by atoms with Crippen molar-refractivity contribution in [2.75, 3.05) is 26.3 Å². The number of rotatable bonds is 6. The standard InChI is InChI=1S/C25H28N2O4/c28-25(29)20-5-3-4-18(14-20)15-26-10-8-19(9-11-26)22-16-27(17-24-30-12-13-31-24)23-7-2-1-6-21(22)23/h1-7,14,16,19,24H,8-13,15,17H2,(H,28,29). The summed E-state index contributed by atoms with van der Waals surface area (Å²) in [5, 5.41) is 10.5. The topological polar surface area (TPSA) is 63.9 Å². The maximum atomic E-state index is 11.2. The molecule has 0 aliphatic carbocycles. The number of fused-ring (bicyclic) bond motifs is 1. The second kappa shape index (κ2) is 8.83. The van der Waals surface area contributed by atoms with Crippen molar-refractivity contribution in [3.63, 3.8) is 0 Å². The molecule has 0 amide bonds. The Morgan fingerprint density at radius 2 is 1.81 bits per heavy atom. The number of carboxylic acids is 1. The molecule has 1 N–H and O–H groups in total.